The minimum absolute atomic E-state index is 0.546. The van der Waals surface area contributed by atoms with Gasteiger partial charge in [-0.25, -0.2) is 0 Å². The Labute approximate surface area is 113 Å². The summed E-state index contributed by atoms with van der Waals surface area (Å²) < 4.78 is 7.30. The van der Waals surface area contributed by atoms with Crippen LogP contribution in [-0.2, 0) is 18.0 Å². The van der Waals surface area contributed by atoms with Crippen molar-refractivity contribution in [2.75, 3.05) is 13.7 Å². The number of benzene rings is 1. The van der Waals surface area contributed by atoms with E-state index in [9.17, 15) is 0 Å². The summed E-state index contributed by atoms with van der Waals surface area (Å²) in [5.74, 6) is 0. The van der Waals surface area contributed by atoms with E-state index in [0.717, 1.165) is 30.0 Å². The molecule has 0 fully saturated rings. The van der Waals surface area contributed by atoms with Gasteiger partial charge in [0.15, 0.2) is 0 Å². The monoisotopic (exact) mass is 266 g/mol. The van der Waals surface area contributed by atoms with Crippen LogP contribution >= 0.6 is 11.6 Å². The van der Waals surface area contributed by atoms with Crippen molar-refractivity contribution in [1.82, 2.24) is 9.88 Å². The van der Waals surface area contributed by atoms with Crippen LogP contribution in [0.25, 0.3) is 10.9 Å². The van der Waals surface area contributed by atoms with E-state index in [2.05, 4.69) is 29.1 Å². The lowest BCUT2D eigenvalue weighted by Crippen LogP contribution is -2.13. The van der Waals surface area contributed by atoms with Gasteiger partial charge in [-0.15, -0.1) is 0 Å². The van der Waals surface area contributed by atoms with Crippen LogP contribution in [0.4, 0.5) is 0 Å². The molecule has 0 bridgehead atoms. The Hall–Kier alpha value is -1.03. The van der Waals surface area contributed by atoms with Crippen molar-refractivity contribution >= 4 is 22.5 Å². The smallest absolute Gasteiger partial charge is 0.122 e. The Balaban J connectivity index is 2.34. The van der Waals surface area contributed by atoms with Gasteiger partial charge in [-0.2, -0.15) is 0 Å². The summed E-state index contributed by atoms with van der Waals surface area (Å²) in [5, 5.41) is 5.42. The average molecular weight is 267 g/mol. The predicted octanol–water partition coefficient (Wildman–Crippen LogP) is 3.40. The van der Waals surface area contributed by atoms with E-state index in [1.807, 2.05) is 12.1 Å². The molecule has 0 amide bonds. The number of nitrogens with zero attached hydrogens (tertiary/aromatic N) is 1. The molecule has 18 heavy (non-hydrogen) atoms. The van der Waals surface area contributed by atoms with Crippen molar-refractivity contribution in [3.05, 3.63) is 35.0 Å². The van der Waals surface area contributed by atoms with Crippen LogP contribution in [0.5, 0.6) is 0 Å². The molecule has 0 saturated heterocycles. The molecule has 1 N–H and O–H groups in total. The van der Waals surface area contributed by atoms with Crippen molar-refractivity contribution < 1.29 is 4.74 Å². The molecule has 0 spiro atoms. The Morgan fingerprint density at radius 2 is 2.22 bits per heavy atom. The van der Waals surface area contributed by atoms with Crippen LogP contribution in [-0.4, -0.2) is 18.2 Å². The van der Waals surface area contributed by atoms with Gasteiger partial charge in [0.05, 0.1) is 5.52 Å². The molecule has 2 aromatic rings. The maximum absolute atomic E-state index is 6.06. The number of methoxy groups -OCH3 is 1. The number of fused-ring (bicyclic) bond motifs is 1. The lowest BCUT2D eigenvalue weighted by atomic mass is 10.2. The molecule has 0 unspecified atom stereocenters. The van der Waals surface area contributed by atoms with Gasteiger partial charge in [0, 0.05) is 30.3 Å². The molecule has 2 rings (SSSR count). The highest BCUT2D eigenvalue weighted by atomic mass is 35.5. The van der Waals surface area contributed by atoms with Gasteiger partial charge in [-0.3, -0.25) is 0 Å². The molecule has 0 atom stereocenters. The van der Waals surface area contributed by atoms with E-state index in [1.165, 1.54) is 10.9 Å². The van der Waals surface area contributed by atoms with Crippen LogP contribution in [0.15, 0.2) is 24.4 Å². The molecule has 0 saturated carbocycles. The highest BCUT2D eigenvalue weighted by Crippen LogP contribution is 2.24. The van der Waals surface area contributed by atoms with Gasteiger partial charge in [-0.1, -0.05) is 24.6 Å². The normalized spacial score (nSPS) is 11.3. The Bertz CT molecular complexity index is 522. The zero-order chi connectivity index (χ0) is 13.0. The third-order valence-corrected chi connectivity index (χ3v) is 3.17. The third kappa shape index (κ3) is 2.86. The molecule has 1 aromatic heterocycles. The molecule has 4 heteroatoms. The number of rotatable bonds is 6. The highest BCUT2D eigenvalue weighted by molar-refractivity contribution is 6.31. The van der Waals surface area contributed by atoms with E-state index >= 15 is 0 Å². The van der Waals surface area contributed by atoms with Gasteiger partial charge in [-0.05, 0) is 30.7 Å². The zero-order valence-electron chi connectivity index (χ0n) is 10.9. The second kappa shape index (κ2) is 6.23. The van der Waals surface area contributed by atoms with E-state index in [1.54, 1.807) is 7.11 Å². The fourth-order valence-electron chi connectivity index (χ4n) is 2.13. The first-order chi connectivity index (χ1) is 8.76. The van der Waals surface area contributed by atoms with Crippen LogP contribution in [0.3, 0.4) is 0 Å². The molecular formula is C14H19ClN2O. The van der Waals surface area contributed by atoms with Crippen LogP contribution in [0.1, 0.15) is 18.9 Å². The summed E-state index contributed by atoms with van der Waals surface area (Å²) in [4.78, 5) is 0. The summed E-state index contributed by atoms with van der Waals surface area (Å²) in [6.45, 7) is 4.62. The van der Waals surface area contributed by atoms with Gasteiger partial charge in [0.2, 0.25) is 0 Å². The van der Waals surface area contributed by atoms with Crippen LogP contribution in [0, 0.1) is 0 Å². The van der Waals surface area contributed by atoms with Crippen molar-refractivity contribution in [2.24, 2.45) is 0 Å². The molecule has 3 nitrogen and oxygen atoms in total. The molecule has 0 aliphatic heterocycles. The predicted molar refractivity (Wildman–Crippen MR) is 76.0 cm³/mol. The zero-order valence-corrected chi connectivity index (χ0v) is 11.6. The largest absolute Gasteiger partial charge is 0.364 e. The number of hydrogen-bond donors (Lipinski definition) is 1. The molecular weight excluding hydrogens is 248 g/mol. The van der Waals surface area contributed by atoms with Crippen molar-refractivity contribution in [3.63, 3.8) is 0 Å². The van der Waals surface area contributed by atoms with Crippen molar-refractivity contribution in [2.45, 2.75) is 26.6 Å². The Morgan fingerprint density at radius 1 is 1.39 bits per heavy atom. The average Bonchev–Trinajstić information content (AvgIpc) is 2.68. The Morgan fingerprint density at radius 3 is 2.94 bits per heavy atom. The van der Waals surface area contributed by atoms with Crippen molar-refractivity contribution in [1.29, 1.82) is 0 Å². The number of halogens is 1. The maximum atomic E-state index is 6.06. The first kappa shape index (κ1) is 13.4. The maximum Gasteiger partial charge on any atom is 0.122 e. The second-order valence-corrected chi connectivity index (χ2v) is 4.82. The summed E-state index contributed by atoms with van der Waals surface area (Å²) in [6, 6.07) is 6.00. The second-order valence-electron chi connectivity index (χ2n) is 4.38. The molecule has 1 aromatic carbocycles. The topological polar surface area (TPSA) is 26.2 Å². The summed E-state index contributed by atoms with van der Waals surface area (Å²) in [6.07, 6.45) is 3.27. The minimum atomic E-state index is 0.546. The van der Waals surface area contributed by atoms with Gasteiger partial charge < -0.3 is 14.6 Å². The van der Waals surface area contributed by atoms with E-state index in [4.69, 9.17) is 16.3 Å². The Kier molecular flexibility index (Phi) is 4.64. The van der Waals surface area contributed by atoms with Crippen molar-refractivity contribution in [3.8, 4) is 0 Å². The number of hydrogen-bond acceptors (Lipinski definition) is 2. The molecule has 98 valence electrons. The third-order valence-electron chi connectivity index (χ3n) is 2.94. The standard InChI is InChI=1S/C14H19ClN2O/c1-3-6-16-8-11-9-17(10-18-2)14-7-12(15)4-5-13(11)14/h4-5,7,9,16H,3,6,8,10H2,1-2H3. The van der Waals surface area contributed by atoms with Crippen LogP contribution in [0.2, 0.25) is 5.02 Å². The van der Waals surface area contributed by atoms with Gasteiger partial charge >= 0.3 is 0 Å². The number of ether oxygens (including phenoxy) is 1. The SMILES string of the molecule is CCCNCc1cn(COC)c2cc(Cl)ccc12. The molecule has 0 aliphatic rings. The summed E-state index contributed by atoms with van der Waals surface area (Å²) >= 11 is 6.06. The fourth-order valence-corrected chi connectivity index (χ4v) is 2.29. The molecule has 0 radical (unpaired) electrons. The first-order valence-corrected chi connectivity index (χ1v) is 6.61. The van der Waals surface area contributed by atoms with Crippen LogP contribution < -0.4 is 5.32 Å². The molecule has 1 heterocycles. The van der Waals surface area contributed by atoms with Gasteiger partial charge in [0.1, 0.15) is 6.73 Å². The quantitative estimate of drug-likeness (QED) is 0.811. The molecule has 0 aliphatic carbocycles. The fraction of sp³-hybridized carbons (Fsp3) is 0.429. The summed E-state index contributed by atoms with van der Waals surface area (Å²) in [5.41, 5.74) is 2.41. The highest BCUT2D eigenvalue weighted by Gasteiger charge is 2.08. The van der Waals surface area contributed by atoms with E-state index in [0.29, 0.717) is 6.73 Å². The van der Waals surface area contributed by atoms with E-state index in [-0.39, 0.29) is 0 Å². The number of nitrogens with one attached hydrogen (secondary N) is 1. The first-order valence-electron chi connectivity index (χ1n) is 6.23. The van der Waals surface area contributed by atoms with E-state index < -0.39 is 0 Å². The number of aromatic nitrogens is 1. The lowest BCUT2D eigenvalue weighted by Gasteiger charge is -2.02. The van der Waals surface area contributed by atoms with Gasteiger partial charge in [0.25, 0.3) is 0 Å². The summed E-state index contributed by atoms with van der Waals surface area (Å²) in [7, 11) is 1.70. The lowest BCUT2D eigenvalue weighted by molar-refractivity contribution is 0.134. The minimum Gasteiger partial charge on any atom is -0.364 e.